The Kier molecular flexibility index (Phi) is 6.66. The minimum absolute atomic E-state index is 0.135. The van der Waals surface area contributed by atoms with Crippen LogP contribution in [-0.4, -0.2) is 0 Å². The average molecular weight is 729 g/mol. The highest BCUT2D eigenvalue weighted by molar-refractivity contribution is 7.26. The maximum absolute atomic E-state index is 2.46. The van der Waals surface area contributed by atoms with E-state index in [1.54, 1.807) is 0 Å². The Bertz CT molecular complexity index is 3370. The van der Waals surface area contributed by atoms with E-state index in [1.165, 1.54) is 119 Å². The number of benzene rings is 10. The number of hydrogen-bond donors (Lipinski definition) is 0. The van der Waals surface area contributed by atoms with Crippen LogP contribution in [0.4, 0.5) is 0 Å². The van der Waals surface area contributed by atoms with E-state index in [1.807, 2.05) is 11.3 Å². The first-order chi connectivity index (χ1) is 27.5. The van der Waals surface area contributed by atoms with Gasteiger partial charge < -0.3 is 0 Å². The number of thiophene rings is 1. The third-order valence-corrected chi connectivity index (χ3v) is 13.8. The molecule has 11 aromatic rings. The number of rotatable bonds is 3. The minimum Gasteiger partial charge on any atom is -0.135 e. The van der Waals surface area contributed by atoms with Crippen LogP contribution in [0.25, 0.3) is 108 Å². The highest BCUT2D eigenvalue weighted by Crippen LogP contribution is 2.55. The monoisotopic (exact) mass is 728 g/mol. The molecular weight excluding hydrogens is 693 g/mol. The zero-order valence-corrected chi connectivity index (χ0v) is 32.0. The Balaban J connectivity index is 0.972. The molecule has 1 aliphatic rings. The van der Waals surface area contributed by atoms with Crippen LogP contribution in [0.2, 0.25) is 0 Å². The lowest BCUT2D eigenvalue weighted by Crippen LogP contribution is -2.15. The molecule has 10 aromatic carbocycles. The molecule has 0 atom stereocenters. The predicted octanol–water partition coefficient (Wildman–Crippen LogP) is 16.0. The summed E-state index contributed by atoms with van der Waals surface area (Å²) < 4.78 is 2.76. The number of fused-ring (bicyclic) bond motifs is 12. The maximum atomic E-state index is 2.46. The van der Waals surface area contributed by atoms with Gasteiger partial charge in [0.2, 0.25) is 0 Å². The van der Waals surface area contributed by atoms with E-state index < -0.39 is 0 Å². The first-order valence-corrected chi connectivity index (χ1v) is 20.4. The van der Waals surface area contributed by atoms with Gasteiger partial charge in [0, 0.05) is 25.6 Å². The summed E-state index contributed by atoms with van der Waals surface area (Å²) in [6, 6.07) is 68.1. The Morgan fingerprint density at radius 2 is 0.911 bits per heavy atom. The van der Waals surface area contributed by atoms with Gasteiger partial charge in [-0.3, -0.25) is 0 Å². The quantitative estimate of drug-likeness (QED) is 0.159. The first-order valence-electron chi connectivity index (χ1n) is 19.6. The van der Waals surface area contributed by atoms with E-state index in [4.69, 9.17) is 0 Å². The van der Waals surface area contributed by atoms with Crippen LogP contribution in [0.1, 0.15) is 25.0 Å². The standard InChI is InChI=1S/C55H36S/c1-55(2)48-32-38(26-27-41(48)46-29-30-49-52(53(46)55)47-28-25-35-12-5-6-14-40(35)54(47)56-49)34-19-22-36(23-20-34)50-42-15-7-9-17-44(42)51(45-18-10-8-16-43(45)50)39-24-21-33-11-3-4-13-37(33)31-39/h3-32H,1-2H3. The zero-order valence-electron chi connectivity index (χ0n) is 31.2. The van der Waals surface area contributed by atoms with Gasteiger partial charge in [0.15, 0.2) is 0 Å². The van der Waals surface area contributed by atoms with E-state index in [2.05, 4.69) is 196 Å². The maximum Gasteiger partial charge on any atom is 0.0433 e. The van der Waals surface area contributed by atoms with Crippen molar-refractivity contribution in [2.75, 3.05) is 0 Å². The lowest BCUT2D eigenvalue weighted by molar-refractivity contribution is 0.667. The molecule has 0 saturated carbocycles. The Morgan fingerprint density at radius 1 is 0.375 bits per heavy atom. The molecule has 12 rings (SSSR count). The van der Waals surface area contributed by atoms with Gasteiger partial charge in [0.05, 0.1) is 0 Å². The Morgan fingerprint density at radius 3 is 1.62 bits per heavy atom. The molecule has 262 valence electrons. The molecule has 56 heavy (non-hydrogen) atoms. The van der Waals surface area contributed by atoms with Crippen LogP contribution in [-0.2, 0) is 5.41 Å². The SMILES string of the molecule is CC1(C)c2cc(-c3ccc(-c4c5ccccc5c(-c5ccc6ccccc6c5)c5ccccc45)cc3)ccc2-c2ccc3sc4c5ccccc5ccc4c3c21. The summed E-state index contributed by atoms with van der Waals surface area (Å²) in [5.41, 5.74) is 13.0. The first kappa shape index (κ1) is 31.8. The topological polar surface area (TPSA) is 0 Å². The molecule has 0 spiro atoms. The molecule has 0 saturated heterocycles. The van der Waals surface area contributed by atoms with Crippen LogP contribution >= 0.6 is 11.3 Å². The fourth-order valence-corrected chi connectivity index (χ4v) is 11.3. The third kappa shape index (κ3) is 4.47. The minimum atomic E-state index is -0.135. The second-order valence-electron chi connectivity index (χ2n) is 16.0. The van der Waals surface area contributed by atoms with Gasteiger partial charge in [-0.2, -0.15) is 0 Å². The summed E-state index contributed by atoms with van der Waals surface area (Å²) in [5.74, 6) is 0. The van der Waals surface area contributed by atoms with Crippen molar-refractivity contribution in [2.24, 2.45) is 0 Å². The van der Waals surface area contributed by atoms with E-state index >= 15 is 0 Å². The number of hydrogen-bond acceptors (Lipinski definition) is 1. The van der Waals surface area contributed by atoms with E-state index in [0.717, 1.165) is 0 Å². The van der Waals surface area contributed by atoms with Crippen molar-refractivity contribution < 1.29 is 0 Å². The third-order valence-electron chi connectivity index (χ3n) is 12.6. The molecule has 1 aromatic heterocycles. The van der Waals surface area contributed by atoms with Crippen LogP contribution in [0.15, 0.2) is 182 Å². The van der Waals surface area contributed by atoms with Gasteiger partial charge in [-0.05, 0) is 117 Å². The van der Waals surface area contributed by atoms with E-state index in [9.17, 15) is 0 Å². The highest BCUT2D eigenvalue weighted by Gasteiger charge is 2.38. The molecule has 0 bridgehead atoms. The fraction of sp³-hybridized carbons (Fsp3) is 0.0545. The molecule has 0 unspecified atom stereocenters. The van der Waals surface area contributed by atoms with Gasteiger partial charge in [-0.1, -0.05) is 178 Å². The second-order valence-corrected chi connectivity index (χ2v) is 17.0. The van der Waals surface area contributed by atoms with Gasteiger partial charge >= 0.3 is 0 Å². The smallest absolute Gasteiger partial charge is 0.0433 e. The van der Waals surface area contributed by atoms with Crippen LogP contribution in [0, 0.1) is 0 Å². The summed E-state index contributed by atoms with van der Waals surface area (Å²) in [6.45, 7) is 4.85. The van der Waals surface area contributed by atoms with E-state index in [-0.39, 0.29) is 5.41 Å². The normalized spacial score (nSPS) is 13.3. The summed E-state index contributed by atoms with van der Waals surface area (Å²) >= 11 is 1.94. The molecule has 0 aliphatic heterocycles. The van der Waals surface area contributed by atoms with Crippen molar-refractivity contribution >= 4 is 74.6 Å². The molecular formula is C55H36S. The van der Waals surface area contributed by atoms with Crippen molar-refractivity contribution in [1.29, 1.82) is 0 Å². The molecule has 0 nitrogen and oxygen atoms in total. The molecule has 1 heteroatoms. The molecule has 0 N–H and O–H groups in total. The fourth-order valence-electron chi connectivity index (χ4n) is 10.0. The second kappa shape index (κ2) is 11.7. The van der Waals surface area contributed by atoms with Crippen molar-refractivity contribution in [3.05, 3.63) is 193 Å². The summed E-state index contributed by atoms with van der Waals surface area (Å²) in [6.07, 6.45) is 0. The largest absolute Gasteiger partial charge is 0.135 e. The molecule has 0 fully saturated rings. The van der Waals surface area contributed by atoms with Crippen molar-refractivity contribution in [2.45, 2.75) is 19.3 Å². The Hall–Kier alpha value is -6.54. The Labute approximate surface area is 329 Å². The predicted molar refractivity (Wildman–Crippen MR) is 243 cm³/mol. The van der Waals surface area contributed by atoms with Crippen LogP contribution < -0.4 is 0 Å². The van der Waals surface area contributed by atoms with Crippen LogP contribution in [0.5, 0.6) is 0 Å². The summed E-state index contributed by atoms with van der Waals surface area (Å²) in [7, 11) is 0. The van der Waals surface area contributed by atoms with Gasteiger partial charge in [-0.15, -0.1) is 11.3 Å². The summed E-state index contributed by atoms with van der Waals surface area (Å²) in [4.78, 5) is 0. The molecule has 1 heterocycles. The van der Waals surface area contributed by atoms with Crippen molar-refractivity contribution in [3.8, 4) is 44.5 Å². The molecule has 1 aliphatic carbocycles. The summed E-state index contributed by atoms with van der Waals surface area (Å²) in [5, 5.41) is 13.1. The molecule has 0 radical (unpaired) electrons. The molecule has 0 amide bonds. The van der Waals surface area contributed by atoms with E-state index in [0.29, 0.717) is 0 Å². The van der Waals surface area contributed by atoms with Gasteiger partial charge in [0.1, 0.15) is 0 Å². The zero-order chi connectivity index (χ0) is 37.1. The van der Waals surface area contributed by atoms with Crippen LogP contribution in [0.3, 0.4) is 0 Å². The van der Waals surface area contributed by atoms with Crippen molar-refractivity contribution in [3.63, 3.8) is 0 Å². The average Bonchev–Trinajstić information content (AvgIpc) is 3.74. The highest BCUT2D eigenvalue weighted by atomic mass is 32.1. The van der Waals surface area contributed by atoms with Gasteiger partial charge in [0.25, 0.3) is 0 Å². The van der Waals surface area contributed by atoms with Gasteiger partial charge in [-0.25, -0.2) is 0 Å². The van der Waals surface area contributed by atoms with Crippen molar-refractivity contribution in [1.82, 2.24) is 0 Å². The lowest BCUT2D eigenvalue weighted by Gasteiger charge is -2.23. The lowest BCUT2D eigenvalue weighted by atomic mass is 9.79.